The van der Waals surface area contributed by atoms with Gasteiger partial charge in [0, 0.05) is 55.9 Å². The highest BCUT2D eigenvalue weighted by Gasteiger charge is 2.38. The van der Waals surface area contributed by atoms with E-state index in [1.54, 1.807) is 6.07 Å². The molecule has 0 amide bonds. The molecule has 0 saturated carbocycles. The zero-order valence-electron chi connectivity index (χ0n) is 15.1. The number of hydrogen-bond acceptors (Lipinski definition) is 5. The number of nitrogens with zero attached hydrogens (tertiary/aromatic N) is 1. The van der Waals surface area contributed by atoms with E-state index in [2.05, 4.69) is 15.0 Å². The zero-order chi connectivity index (χ0) is 18.7. The second kappa shape index (κ2) is 9.12. The fraction of sp³-hybridized carbons (Fsp3) is 0.647. The molecule has 0 unspecified atom stereocenters. The van der Waals surface area contributed by atoms with Gasteiger partial charge in [-0.3, -0.25) is 4.90 Å². The zero-order valence-corrected chi connectivity index (χ0v) is 15.9. The lowest BCUT2D eigenvalue weighted by atomic mass is 9.79. The summed E-state index contributed by atoms with van der Waals surface area (Å²) in [4.78, 5) is 2.22. The standard InChI is InChI=1S/C17H25F3N2O3.ClH/c1-16(2,11-23)15(22-8-6-21-7-9-22)13-5-4-12(10-14(13)24-3)25-17(18,19)20;/h4-5,10,15,21,23H,6-9,11H2,1-3H3;1H/t15-;/m1./s1. The molecule has 2 N–H and O–H groups in total. The van der Waals surface area contributed by atoms with E-state index in [0.29, 0.717) is 5.75 Å². The minimum Gasteiger partial charge on any atom is -0.496 e. The third-order valence-corrected chi connectivity index (χ3v) is 4.40. The Balaban J connectivity index is 0.00000338. The van der Waals surface area contributed by atoms with E-state index in [0.717, 1.165) is 31.7 Å². The molecule has 1 saturated heterocycles. The number of halogens is 4. The number of methoxy groups -OCH3 is 1. The number of piperazine rings is 1. The molecule has 1 aromatic carbocycles. The van der Waals surface area contributed by atoms with Crippen LogP contribution in [0.4, 0.5) is 13.2 Å². The Hall–Kier alpha value is -1.22. The van der Waals surface area contributed by atoms with Crippen LogP contribution in [0.2, 0.25) is 0 Å². The molecule has 5 nitrogen and oxygen atoms in total. The number of hydrogen-bond donors (Lipinski definition) is 2. The van der Waals surface area contributed by atoms with E-state index in [9.17, 15) is 18.3 Å². The van der Waals surface area contributed by atoms with Crippen LogP contribution in [0, 0.1) is 5.41 Å². The number of alkyl halides is 3. The summed E-state index contributed by atoms with van der Waals surface area (Å²) in [6.45, 7) is 6.98. The lowest BCUT2D eigenvalue weighted by Crippen LogP contribution is -2.49. The van der Waals surface area contributed by atoms with Crippen molar-refractivity contribution in [3.05, 3.63) is 23.8 Å². The fourth-order valence-electron chi connectivity index (χ4n) is 3.25. The first-order valence-corrected chi connectivity index (χ1v) is 8.17. The smallest absolute Gasteiger partial charge is 0.496 e. The number of benzene rings is 1. The van der Waals surface area contributed by atoms with Gasteiger partial charge >= 0.3 is 6.36 Å². The normalized spacial score (nSPS) is 17.3. The van der Waals surface area contributed by atoms with Crippen molar-refractivity contribution in [2.45, 2.75) is 26.3 Å². The number of aliphatic hydroxyl groups excluding tert-OH is 1. The lowest BCUT2D eigenvalue weighted by molar-refractivity contribution is -0.274. The predicted octanol–water partition coefficient (Wildman–Crippen LogP) is 2.98. The highest BCUT2D eigenvalue weighted by Crippen LogP contribution is 2.43. The number of aliphatic hydroxyl groups is 1. The minimum atomic E-state index is -4.76. The van der Waals surface area contributed by atoms with Crippen LogP contribution in [0.25, 0.3) is 0 Å². The molecule has 26 heavy (non-hydrogen) atoms. The van der Waals surface area contributed by atoms with Crippen molar-refractivity contribution in [3.8, 4) is 11.5 Å². The Labute approximate surface area is 157 Å². The molecule has 0 spiro atoms. The summed E-state index contributed by atoms with van der Waals surface area (Å²) >= 11 is 0. The van der Waals surface area contributed by atoms with Crippen molar-refractivity contribution >= 4 is 12.4 Å². The van der Waals surface area contributed by atoms with Crippen molar-refractivity contribution in [2.24, 2.45) is 5.41 Å². The van der Waals surface area contributed by atoms with Crippen LogP contribution < -0.4 is 14.8 Å². The SMILES string of the molecule is COc1cc(OC(F)(F)F)ccc1[C@@H](N1CCNCC1)C(C)(C)CO.Cl. The first-order valence-electron chi connectivity index (χ1n) is 8.17. The Kier molecular flexibility index (Phi) is 8.01. The largest absolute Gasteiger partial charge is 0.573 e. The van der Waals surface area contributed by atoms with Gasteiger partial charge in [-0.15, -0.1) is 25.6 Å². The Bertz CT molecular complexity index is 579. The van der Waals surface area contributed by atoms with E-state index >= 15 is 0 Å². The molecular weight excluding hydrogens is 373 g/mol. The van der Waals surface area contributed by atoms with Gasteiger partial charge in [-0.05, 0) is 6.07 Å². The molecule has 1 atom stereocenters. The summed E-state index contributed by atoms with van der Waals surface area (Å²) in [6, 6.07) is 3.92. The van der Waals surface area contributed by atoms with Gasteiger partial charge < -0.3 is 19.9 Å². The summed E-state index contributed by atoms with van der Waals surface area (Å²) in [7, 11) is 1.41. The molecule has 9 heteroatoms. The van der Waals surface area contributed by atoms with Crippen molar-refractivity contribution < 1.29 is 27.8 Å². The van der Waals surface area contributed by atoms with Crippen molar-refractivity contribution in [2.75, 3.05) is 39.9 Å². The molecule has 150 valence electrons. The molecule has 1 heterocycles. The van der Waals surface area contributed by atoms with E-state index in [1.807, 2.05) is 13.8 Å². The first kappa shape index (κ1) is 22.8. The average Bonchev–Trinajstić information content (AvgIpc) is 2.55. The molecule has 1 aliphatic rings. The third kappa shape index (κ3) is 5.64. The Morgan fingerprint density at radius 1 is 1.23 bits per heavy atom. The van der Waals surface area contributed by atoms with Crippen LogP contribution in [0.5, 0.6) is 11.5 Å². The summed E-state index contributed by atoms with van der Waals surface area (Å²) in [5.41, 5.74) is 0.231. The van der Waals surface area contributed by atoms with Crippen LogP contribution in [0.15, 0.2) is 18.2 Å². The van der Waals surface area contributed by atoms with E-state index in [1.165, 1.54) is 19.2 Å². The topological polar surface area (TPSA) is 54.0 Å². The second-order valence-electron chi connectivity index (χ2n) is 6.79. The molecule has 2 rings (SSSR count). The van der Waals surface area contributed by atoms with Crippen LogP contribution in [-0.2, 0) is 0 Å². The summed E-state index contributed by atoms with van der Waals surface area (Å²) < 4.78 is 46.7. The van der Waals surface area contributed by atoms with Gasteiger partial charge in [-0.1, -0.05) is 19.9 Å². The molecule has 0 bridgehead atoms. The first-order chi connectivity index (χ1) is 11.7. The highest BCUT2D eigenvalue weighted by atomic mass is 35.5. The predicted molar refractivity (Wildman–Crippen MR) is 95.0 cm³/mol. The number of rotatable bonds is 6. The van der Waals surface area contributed by atoms with Crippen LogP contribution in [-0.4, -0.2) is 56.3 Å². The molecule has 0 aromatic heterocycles. The summed E-state index contributed by atoms with van der Waals surface area (Å²) in [6.07, 6.45) is -4.76. The number of nitrogens with one attached hydrogen (secondary N) is 1. The summed E-state index contributed by atoms with van der Waals surface area (Å²) in [5, 5.41) is 13.1. The maximum atomic E-state index is 12.5. The van der Waals surface area contributed by atoms with Gasteiger partial charge in [-0.25, -0.2) is 0 Å². The van der Waals surface area contributed by atoms with E-state index in [4.69, 9.17) is 4.74 Å². The van der Waals surface area contributed by atoms with Gasteiger partial charge in [-0.2, -0.15) is 0 Å². The second-order valence-corrected chi connectivity index (χ2v) is 6.79. The maximum Gasteiger partial charge on any atom is 0.573 e. The molecular formula is C17H26ClF3N2O3. The molecule has 1 aromatic rings. The maximum absolute atomic E-state index is 12.5. The van der Waals surface area contributed by atoms with Crippen molar-refractivity contribution in [3.63, 3.8) is 0 Å². The van der Waals surface area contributed by atoms with E-state index in [-0.39, 0.29) is 30.8 Å². The van der Waals surface area contributed by atoms with Gasteiger partial charge in [0.05, 0.1) is 7.11 Å². The monoisotopic (exact) mass is 398 g/mol. The van der Waals surface area contributed by atoms with Crippen LogP contribution in [0.1, 0.15) is 25.5 Å². The van der Waals surface area contributed by atoms with Gasteiger partial charge in [0.15, 0.2) is 0 Å². The van der Waals surface area contributed by atoms with Crippen molar-refractivity contribution in [1.82, 2.24) is 10.2 Å². The third-order valence-electron chi connectivity index (χ3n) is 4.40. The average molecular weight is 399 g/mol. The van der Waals surface area contributed by atoms with Gasteiger partial charge in [0.25, 0.3) is 0 Å². The summed E-state index contributed by atoms with van der Waals surface area (Å²) in [5.74, 6) is -0.0132. The van der Waals surface area contributed by atoms with E-state index < -0.39 is 11.8 Å². The molecule has 1 aliphatic heterocycles. The van der Waals surface area contributed by atoms with Crippen LogP contribution in [0.3, 0.4) is 0 Å². The van der Waals surface area contributed by atoms with Gasteiger partial charge in [0.2, 0.25) is 0 Å². The minimum absolute atomic E-state index is 0. The highest BCUT2D eigenvalue weighted by molar-refractivity contribution is 5.85. The fourth-order valence-corrected chi connectivity index (χ4v) is 3.25. The van der Waals surface area contributed by atoms with Crippen LogP contribution >= 0.6 is 12.4 Å². The number of ether oxygens (including phenoxy) is 2. The van der Waals surface area contributed by atoms with Crippen molar-refractivity contribution in [1.29, 1.82) is 0 Å². The quantitative estimate of drug-likeness (QED) is 0.771. The lowest BCUT2D eigenvalue weighted by Gasteiger charge is -2.43. The van der Waals surface area contributed by atoms with Gasteiger partial charge in [0.1, 0.15) is 11.5 Å². The molecule has 0 radical (unpaired) electrons. The molecule has 0 aliphatic carbocycles. The Morgan fingerprint density at radius 3 is 2.35 bits per heavy atom. The Morgan fingerprint density at radius 2 is 1.85 bits per heavy atom. The molecule has 1 fully saturated rings.